The number of aryl methyl sites for hydroxylation is 1. The highest BCUT2D eigenvalue weighted by Crippen LogP contribution is 2.25. The number of aliphatic hydroxyl groups is 1. The van der Waals surface area contributed by atoms with Crippen LogP contribution in [0.15, 0.2) is 36.7 Å². The second-order valence-corrected chi connectivity index (χ2v) is 5.96. The molecule has 23 heavy (non-hydrogen) atoms. The molecule has 2 heterocycles. The molecule has 0 amide bonds. The standard InChI is InChI=1S/C17H21N5O/c1-12-13(2)21-16-19-11-20-22(16)15(12)18-10-9-17(3,23)14-7-5-4-6-8-14/h4-8,11,18,23H,9-10H2,1-3H3. The number of fused-ring (bicyclic) bond motifs is 1. The van der Waals surface area contributed by atoms with Gasteiger partial charge in [-0.15, -0.1) is 0 Å². The molecule has 1 atom stereocenters. The molecule has 0 saturated heterocycles. The summed E-state index contributed by atoms with van der Waals surface area (Å²) in [6.45, 7) is 6.40. The van der Waals surface area contributed by atoms with Crippen LogP contribution in [0.1, 0.15) is 30.2 Å². The van der Waals surface area contributed by atoms with Gasteiger partial charge in [0.2, 0.25) is 0 Å². The maximum Gasteiger partial charge on any atom is 0.254 e. The quantitative estimate of drug-likeness (QED) is 0.757. The van der Waals surface area contributed by atoms with Gasteiger partial charge in [0.05, 0.1) is 5.60 Å². The van der Waals surface area contributed by atoms with Gasteiger partial charge in [0.1, 0.15) is 12.1 Å². The van der Waals surface area contributed by atoms with Crippen LogP contribution < -0.4 is 5.32 Å². The number of nitrogens with zero attached hydrogens (tertiary/aromatic N) is 4. The van der Waals surface area contributed by atoms with Crippen LogP contribution in [0.4, 0.5) is 5.82 Å². The zero-order valence-electron chi connectivity index (χ0n) is 13.6. The van der Waals surface area contributed by atoms with Gasteiger partial charge in [-0.3, -0.25) is 0 Å². The van der Waals surface area contributed by atoms with Crippen LogP contribution >= 0.6 is 0 Å². The molecule has 0 aliphatic carbocycles. The highest BCUT2D eigenvalue weighted by molar-refractivity contribution is 5.51. The molecule has 120 valence electrons. The maximum atomic E-state index is 10.7. The second-order valence-electron chi connectivity index (χ2n) is 5.96. The van der Waals surface area contributed by atoms with E-state index in [1.807, 2.05) is 51.1 Å². The van der Waals surface area contributed by atoms with Crippen molar-refractivity contribution >= 4 is 11.6 Å². The lowest BCUT2D eigenvalue weighted by Crippen LogP contribution is -2.25. The van der Waals surface area contributed by atoms with Gasteiger partial charge in [0.15, 0.2) is 0 Å². The fraction of sp³-hybridized carbons (Fsp3) is 0.353. The predicted molar refractivity (Wildman–Crippen MR) is 89.4 cm³/mol. The molecule has 6 nitrogen and oxygen atoms in total. The summed E-state index contributed by atoms with van der Waals surface area (Å²) in [4.78, 5) is 8.54. The SMILES string of the molecule is Cc1nc2ncnn2c(NCCC(C)(O)c2ccccc2)c1C. The monoisotopic (exact) mass is 311 g/mol. The van der Waals surface area contributed by atoms with Crippen molar-refractivity contribution in [2.75, 3.05) is 11.9 Å². The summed E-state index contributed by atoms with van der Waals surface area (Å²) in [6, 6.07) is 9.70. The molecule has 0 spiro atoms. The van der Waals surface area contributed by atoms with E-state index in [2.05, 4.69) is 20.4 Å². The first-order valence-corrected chi connectivity index (χ1v) is 7.68. The molecule has 6 heteroatoms. The smallest absolute Gasteiger partial charge is 0.254 e. The number of benzene rings is 1. The van der Waals surface area contributed by atoms with E-state index >= 15 is 0 Å². The van der Waals surface area contributed by atoms with E-state index < -0.39 is 5.60 Å². The molecule has 0 aliphatic heterocycles. The number of rotatable bonds is 5. The van der Waals surface area contributed by atoms with Crippen LogP contribution in [0.2, 0.25) is 0 Å². The van der Waals surface area contributed by atoms with Crippen molar-refractivity contribution in [1.82, 2.24) is 19.6 Å². The normalized spacial score (nSPS) is 13.9. The van der Waals surface area contributed by atoms with Gasteiger partial charge >= 0.3 is 0 Å². The fourth-order valence-electron chi connectivity index (χ4n) is 2.61. The summed E-state index contributed by atoms with van der Waals surface area (Å²) in [6.07, 6.45) is 2.07. The van der Waals surface area contributed by atoms with Gasteiger partial charge in [0, 0.05) is 17.8 Å². The molecule has 2 N–H and O–H groups in total. The molecule has 2 aromatic heterocycles. The van der Waals surface area contributed by atoms with Crippen LogP contribution in [-0.4, -0.2) is 31.2 Å². The summed E-state index contributed by atoms with van der Waals surface area (Å²) < 4.78 is 1.69. The third-order valence-electron chi connectivity index (χ3n) is 4.21. The van der Waals surface area contributed by atoms with E-state index in [4.69, 9.17) is 0 Å². The molecule has 0 aliphatic rings. The van der Waals surface area contributed by atoms with E-state index in [0.717, 1.165) is 22.6 Å². The Labute approximate surface area is 135 Å². The Kier molecular flexibility index (Phi) is 4.00. The Morgan fingerprint density at radius 3 is 2.70 bits per heavy atom. The number of anilines is 1. The van der Waals surface area contributed by atoms with E-state index in [-0.39, 0.29) is 0 Å². The van der Waals surface area contributed by atoms with Crippen molar-refractivity contribution in [2.45, 2.75) is 32.8 Å². The van der Waals surface area contributed by atoms with E-state index in [0.29, 0.717) is 18.7 Å². The van der Waals surface area contributed by atoms with Crippen molar-refractivity contribution in [3.63, 3.8) is 0 Å². The van der Waals surface area contributed by atoms with Gasteiger partial charge in [-0.25, -0.2) is 4.98 Å². The van der Waals surface area contributed by atoms with Crippen molar-refractivity contribution < 1.29 is 5.11 Å². The summed E-state index contributed by atoms with van der Waals surface area (Å²) in [5.41, 5.74) is 1.98. The molecular weight excluding hydrogens is 290 g/mol. The first kappa shape index (κ1) is 15.4. The highest BCUT2D eigenvalue weighted by atomic mass is 16.3. The molecule has 0 saturated carbocycles. The second kappa shape index (κ2) is 5.96. The van der Waals surface area contributed by atoms with Gasteiger partial charge in [-0.05, 0) is 32.8 Å². The van der Waals surface area contributed by atoms with Gasteiger partial charge in [-0.1, -0.05) is 30.3 Å². The maximum absolute atomic E-state index is 10.7. The predicted octanol–water partition coefficient (Wildman–Crippen LogP) is 2.45. The van der Waals surface area contributed by atoms with Crippen molar-refractivity contribution in [3.8, 4) is 0 Å². The average Bonchev–Trinajstić information content (AvgIpc) is 2.99. The first-order chi connectivity index (χ1) is 11.0. The van der Waals surface area contributed by atoms with Gasteiger partial charge < -0.3 is 10.4 Å². The average molecular weight is 311 g/mol. The highest BCUT2D eigenvalue weighted by Gasteiger charge is 2.22. The summed E-state index contributed by atoms with van der Waals surface area (Å²) in [5.74, 6) is 1.44. The zero-order valence-corrected chi connectivity index (χ0v) is 13.6. The van der Waals surface area contributed by atoms with Crippen molar-refractivity contribution in [1.29, 1.82) is 0 Å². The first-order valence-electron chi connectivity index (χ1n) is 7.68. The Bertz CT molecular complexity index is 810. The van der Waals surface area contributed by atoms with E-state index in [1.54, 1.807) is 4.52 Å². The lowest BCUT2D eigenvalue weighted by molar-refractivity contribution is 0.0515. The Morgan fingerprint density at radius 1 is 1.22 bits per heavy atom. The van der Waals surface area contributed by atoms with E-state index in [9.17, 15) is 5.11 Å². The lowest BCUT2D eigenvalue weighted by atomic mass is 9.92. The molecule has 3 rings (SSSR count). The van der Waals surface area contributed by atoms with Crippen molar-refractivity contribution in [2.24, 2.45) is 0 Å². The van der Waals surface area contributed by atoms with Gasteiger partial charge in [0.25, 0.3) is 5.78 Å². The van der Waals surface area contributed by atoms with Crippen LogP contribution in [0.5, 0.6) is 0 Å². The molecule has 0 bridgehead atoms. The Balaban J connectivity index is 1.77. The molecule has 1 aromatic carbocycles. The zero-order chi connectivity index (χ0) is 16.4. The summed E-state index contributed by atoms with van der Waals surface area (Å²) in [7, 11) is 0. The fourth-order valence-corrected chi connectivity index (χ4v) is 2.61. The van der Waals surface area contributed by atoms with Crippen LogP contribution in [-0.2, 0) is 5.60 Å². The lowest BCUT2D eigenvalue weighted by Gasteiger charge is -2.24. The van der Waals surface area contributed by atoms with Crippen molar-refractivity contribution in [3.05, 3.63) is 53.5 Å². The van der Waals surface area contributed by atoms with Crippen LogP contribution in [0.25, 0.3) is 5.78 Å². The van der Waals surface area contributed by atoms with Crippen LogP contribution in [0, 0.1) is 13.8 Å². The third kappa shape index (κ3) is 3.03. The van der Waals surface area contributed by atoms with Crippen LogP contribution in [0.3, 0.4) is 0 Å². The number of hydrogen-bond donors (Lipinski definition) is 2. The summed E-state index contributed by atoms with van der Waals surface area (Å²) >= 11 is 0. The molecule has 1 unspecified atom stereocenters. The molecule has 0 radical (unpaired) electrons. The molecular formula is C17H21N5O. The largest absolute Gasteiger partial charge is 0.385 e. The summed E-state index contributed by atoms with van der Waals surface area (Å²) in [5, 5.41) is 18.3. The molecule has 0 fully saturated rings. The third-order valence-corrected chi connectivity index (χ3v) is 4.21. The Hall–Kier alpha value is -2.47. The minimum absolute atomic E-state index is 0.574. The Morgan fingerprint density at radius 2 is 1.96 bits per heavy atom. The topological polar surface area (TPSA) is 75.3 Å². The van der Waals surface area contributed by atoms with Gasteiger partial charge in [-0.2, -0.15) is 14.6 Å². The number of hydrogen-bond acceptors (Lipinski definition) is 5. The number of aromatic nitrogens is 4. The van der Waals surface area contributed by atoms with E-state index in [1.165, 1.54) is 6.33 Å². The molecule has 3 aromatic rings. The minimum Gasteiger partial charge on any atom is -0.385 e. The number of nitrogens with one attached hydrogen (secondary N) is 1. The minimum atomic E-state index is -0.883.